The van der Waals surface area contributed by atoms with E-state index in [-0.39, 0.29) is 23.0 Å². The van der Waals surface area contributed by atoms with E-state index in [9.17, 15) is 13.6 Å². The van der Waals surface area contributed by atoms with Crippen LogP contribution in [0.1, 0.15) is 12.7 Å². The van der Waals surface area contributed by atoms with Crippen molar-refractivity contribution in [2.45, 2.75) is 17.3 Å². The molecule has 0 spiro atoms. The number of amides is 1. The van der Waals surface area contributed by atoms with Gasteiger partial charge in [-0.3, -0.25) is 4.79 Å². The number of thioether (sulfide) groups is 1. The van der Waals surface area contributed by atoms with Gasteiger partial charge < -0.3 is 4.42 Å². The first-order chi connectivity index (χ1) is 15.5. The third-order valence-corrected chi connectivity index (χ3v) is 5.32. The molecule has 32 heavy (non-hydrogen) atoms. The minimum atomic E-state index is -0.736. The molecule has 0 saturated carbocycles. The van der Waals surface area contributed by atoms with Gasteiger partial charge in [0.1, 0.15) is 23.2 Å². The number of hydrazone groups is 1. The zero-order valence-corrected chi connectivity index (χ0v) is 17.5. The van der Waals surface area contributed by atoms with Crippen LogP contribution in [0.3, 0.4) is 0 Å². The van der Waals surface area contributed by atoms with Crippen molar-refractivity contribution in [1.29, 1.82) is 0 Å². The highest BCUT2D eigenvalue weighted by molar-refractivity contribution is 8.00. The lowest BCUT2D eigenvalue weighted by Crippen LogP contribution is -2.27. The highest BCUT2D eigenvalue weighted by atomic mass is 32.2. The van der Waals surface area contributed by atoms with Crippen molar-refractivity contribution in [1.82, 2.24) is 25.6 Å². The Bertz CT molecular complexity index is 1260. The number of benzene rings is 2. The maximum atomic E-state index is 13.9. The van der Waals surface area contributed by atoms with E-state index in [0.717, 1.165) is 17.8 Å². The molecule has 0 unspecified atom stereocenters. The number of hydrogen-bond acceptors (Lipinski definition) is 7. The Morgan fingerprint density at radius 2 is 2.00 bits per heavy atom. The first-order valence-electron chi connectivity index (χ1n) is 9.40. The van der Waals surface area contributed by atoms with Crippen LogP contribution in [0, 0.1) is 11.6 Å². The number of rotatable bonds is 7. The van der Waals surface area contributed by atoms with E-state index >= 15 is 0 Å². The van der Waals surface area contributed by atoms with E-state index in [1.54, 1.807) is 13.0 Å². The first-order valence-corrected chi connectivity index (χ1v) is 10.3. The Balaban J connectivity index is 1.36. The average Bonchev–Trinajstić information content (AvgIpc) is 3.44. The Morgan fingerprint density at radius 3 is 2.78 bits per heavy atom. The maximum absolute atomic E-state index is 13.9. The van der Waals surface area contributed by atoms with Crippen LogP contribution >= 0.6 is 11.8 Å². The van der Waals surface area contributed by atoms with E-state index in [1.807, 2.05) is 30.3 Å². The second kappa shape index (κ2) is 9.52. The van der Waals surface area contributed by atoms with Gasteiger partial charge in [0.2, 0.25) is 5.16 Å². The summed E-state index contributed by atoms with van der Waals surface area (Å²) in [6.07, 6.45) is 1.29. The highest BCUT2D eigenvalue weighted by Crippen LogP contribution is 2.25. The van der Waals surface area contributed by atoms with Crippen LogP contribution in [0.15, 0.2) is 75.3 Å². The number of aromatic nitrogens is 4. The highest BCUT2D eigenvalue weighted by Gasteiger charge is 2.19. The molecule has 0 aliphatic heterocycles. The molecule has 8 nitrogen and oxygen atoms in total. The SMILES string of the molecule is C[C@@H](Sc1nnnn1-c1ccccc1)C(=O)N/N=C\c1ccc(-c2ccc(F)cc2F)o1. The molecular weight excluding hydrogens is 438 g/mol. The van der Waals surface area contributed by atoms with Gasteiger partial charge in [-0.25, -0.2) is 14.2 Å². The molecule has 0 radical (unpaired) electrons. The van der Waals surface area contributed by atoms with Crippen molar-refractivity contribution in [3.63, 3.8) is 0 Å². The molecule has 0 aliphatic carbocycles. The molecule has 0 bridgehead atoms. The van der Waals surface area contributed by atoms with Gasteiger partial charge in [0, 0.05) is 6.07 Å². The molecular formula is C21H16F2N6O2S. The minimum Gasteiger partial charge on any atom is -0.455 e. The molecule has 4 rings (SSSR count). The Hall–Kier alpha value is -3.86. The molecule has 1 amide bonds. The van der Waals surface area contributed by atoms with Crippen LogP contribution in [0.25, 0.3) is 17.0 Å². The lowest BCUT2D eigenvalue weighted by atomic mass is 10.1. The Kier molecular flexibility index (Phi) is 6.36. The Morgan fingerprint density at radius 1 is 1.19 bits per heavy atom. The van der Waals surface area contributed by atoms with Gasteiger partial charge in [0.25, 0.3) is 5.91 Å². The molecule has 4 aromatic rings. The molecule has 2 aromatic carbocycles. The number of tetrazole rings is 1. The lowest BCUT2D eigenvalue weighted by molar-refractivity contribution is -0.120. The molecule has 11 heteroatoms. The zero-order valence-electron chi connectivity index (χ0n) is 16.6. The van der Waals surface area contributed by atoms with Gasteiger partial charge in [-0.15, -0.1) is 5.10 Å². The monoisotopic (exact) mass is 454 g/mol. The van der Waals surface area contributed by atoms with Crippen molar-refractivity contribution in [3.05, 3.63) is 78.1 Å². The molecule has 2 heterocycles. The summed E-state index contributed by atoms with van der Waals surface area (Å²) < 4.78 is 34.0. The maximum Gasteiger partial charge on any atom is 0.253 e. The number of furan rings is 1. The van der Waals surface area contributed by atoms with Gasteiger partial charge in [-0.2, -0.15) is 9.78 Å². The number of hydrogen-bond donors (Lipinski definition) is 1. The smallest absolute Gasteiger partial charge is 0.253 e. The third kappa shape index (κ3) is 4.89. The second-order valence-corrected chi connectivity index (χ2v) is 7.84. The summed E-state index contributed by atoms with van der Waals surface area (Å²) in [6, 6.07) is 15.6. The quantitative estimate of drug-likeness (QED) is 0.259. The average molecular weight is 454 g/mol. The fourth-order valence-electron chi connectivity index (χ4n) is 2.70. The molecule has 162 valence electrons. The molecule has 1 N–H and O–H groups in total. The van der Waals surface area contributed by atoms with Crippen LogP contribution < -0.4 is 5.43 Å². The number of para-hydroxylation sites is 1. The van der Waals surface area contributed by atoms with Crippen molar-refractivity contribution < 1.29 is 18.0 Å². The molecule has 0 aliphatic rings. The van der Waals surface area contributed by atoms with Crippen LogP contribution in [0.5, 0.6) is 0 Å². The van der Waals surface area contributed by atoms with Crippen LogP contribution in [0.4, 0.5) is 8.78 Å². The van der Waals surface area contributed by atoms with Crippen molar-refractivity contribution >= 4 is 23.9 Å². The van der Waals surface area contributed by atoms with Crippen molar-refractivity contribution in [2.75, 3.05) is 0 Å². The van der Waals surface area contributed by atoms with Crippen LogP contribution in [-0.4, -0.2) is 37.6 Å². The second-order valence-electron chi connectivity index (χ2n) is 6.53. The number of nitrogens with zero attached hydrogens (tertiary/aromatic N) is 5. The molecule has 0 fully saturated rings. The van der Waals surface area contributed by atoms with E-state index in [2.05, 4.69) is 26.1 Å². The predicted molar refractivity (Wildman–Crippen MR) is 114 cm³/mol. The predicted octanol–water partition coefficient (Wildman–Crippen LogP) is 3.83. The summed E-state index contributed by atoms with van der Waals surface area (Å²) in [5.74, 6) is -1.28. The Labute approximate surface area is 185 Å². The largest absolute Gasteiger partial charge is 0.455 e. The van der Waals surface area contributed by atoms with Crippen molar-refractivity contribution in [2.24, 2.45) is 5.10 Å². The minimum absolute atomic E-state index is 0.122. The summed E-state index contributed by atoms with van der Waals surface area (Å²) in [4.78, 5) is 12.4. The van der Waals surface area contributed by atoms with Gasteiger partial charge in [-0.1, -0.05) is 30.0 Å². The lowest BCUT2D eigenvalue weighted by Gasteiger charge is -2.09. The number of carbonyl (C=O) groups excluding carboxylic acids is 1. The normalized spacial score (nSPS) is 12.2. The van der Waals surface area contributed by atoms with E-state index < -0.39 is 16.9 Å². The van der Waals surface area contributed by atoms with Gasteiger partial charge in [0.05, 0.1) is 22.7 Å². The van der Waals surface area contributed by atoms with E-state index in [0.29, 0.717) is 5.16 Å². The fourth-order valence-corrected chi connectivity index (χ4v) is 3.50. The molecule has 0 saturated heterocycles. The van der Waals surface area contributed by atoms with Crippen molar-refractivity contribution in [3.8, 4) is 17.0 Å². The van der Waals surface area contributed by atoms with E-state index in [1.165, 1.54) is 34.8 Å². The standard InChI is InChI=1S/C21H16F2N6O2S/c1-13(32-21-26-27-28-29(21)15-5-3-2-4-6-15)20(30)25-24-12-16-8-10-19(31-16)17-9-7-14(22)11-18(17)23/h2-13H,1H3,(H,25,30)/b24-12-/t13-/m1/s1. The van der Waals surface area contributed by atoms with E-state index in [4.69, 9.17) is 4.42 Å². The number of carbonyl (C=O) groups is 1. The summed E-state index contributed by atoms with van der Waals surface area (Å²) in [5.41, 5.74) is 3.31. The topological polar surface area (TPSA) is 98.2 Å². The van der Waals surface area contributed by atoms with Gasteiger partial charge >= 0.3 is 0 Å². The van der Waals surface area contributed by atoms with Gasteiger partial charge in [0.15, 0.2) is 0 Å². The number of nitrogens with one attached hydrogen (secondary N) is 1. The van der Waals surface area contributed by atoms with Crippen LogP contribution in [-0.2, 0) is 4.79 Å². The summed E-state index contributed by atoms with van der Waals surface area (Å²) in [7, 11) is 0. The third-order valence-electron chi connectivity index (χ3n) is 4.28. The molecule has 2 aromatic heterocycles. The fraction of sp³-hybridized carbons (Fsp3) is 0.0952. The summed E-state index contributed by atoms with van der Waals surface area (Å²) in [5, 5.41) is 15.4. The molecule has 1 atom stereocenters. The van der Waals surface area contributed by atoms with Crippen LogP contribution in [0.2, 0.25) is 0 Å². The first kappa shape index (κ1) is 21.4. The van der Waals surface area contributed by atoms with Gasteiger partial charge in [-0.05, 0) is 53.7 Å². The zero-order chi connectivity index (χ0) is 22.5. The summed E-state index contributed by atoms with van der Waals surface area (Å²) >= 11 is 1.18. The number of halogens is 2. The summed E-state index contributed by atoms with van der Waals surface area (Å²) in [6.45, 7) is 1.70.